The van der Waals surface area contributed by atoms with E-state index in [0.29, 0.717) is 25.5 Å². The summed E-state index contributed by atoms with van der Waals surface area (Å²) >= 11 is 10.1. The van der Waals surface area contributed by atoms with Crippen LogP contribution in [0.1, 0.15) is 15.9 Å². The Balaban J connectivity index is 1.83. The van der Waals surface area contributed by atoms with Gasteiger partial charge in [0.2, 0.25) is 0 Å². The van der Waals surface area contributed by atoms with Gasteiger partial charge < -0.3 is 15.2 Å². The van der Waals surface area contributed by atoms with E-state index in [1.54, 1.807) is 42.5 Å². The van der Waals surface area contributed by atoms with Gasteiger partial charge in [0.25, 0.3) is 11.8 Å². The number of nitrogens with one attached hydrogen (secondary N) is 1. The molecule has 3 rings (SSSR count). The second kappa shape index (κ2) is 8.16. The molecule has 1 aliphatic heterocycles. The van der Waals surface area contributed by atoms with Crippen LogP contribution in [-0.4, -0.2) is 29.2 Å². The van der Waals surface area contributed by atoms with E-state index in [9.17, 15) is 14.7 Å². The highest BCUT2D eigenvalue weighted by Crippen LogP contribution is 2.37. The Morgan fingerprint density at radius 3 is 2.70 bits per heavy atom. The maximum atomic E-state index is 12.2. The highest BCUT2D eigenvalue weighted by Gasteiger charge is 2.25. The molecule has 2 aromatic carbocycles. The van der Waals surface area contributed by atoms with Gasteiger partial charge in [-0.2, -0.15) is 4.99 Å². The van der Waals surface area contributed by atoms with Gasteiger partial charge >= 0.3 is 0 Å². The van der Waals surface area contributed by atoms with E-state index < -0.39 is 5.91 Å². The summed E-state index contributed by atoms with van der Waals surface area (Å²) in [6, 6.07) is 9.55. The van der Waals surface area contributed by atoms with Crippen molar-refractivity contribution in [3.8, 4) is 11.5 Å². The number of amides is 2. The average Bonchev–Trinajstić information content (AvgIpc) is 2.97. The Labute approximate surface area is 172 Å². The molecule has 0 atom stereocenters. The number of methoxy groups -OCH3 is 1. The number of hydrogen-bond acceptors (Lipinski definition) is 5. The van der Waals surface area contributed by atoms with Crippen LogP contribution in [0.4, 0.5) is 0 Å². The van der Waals surface area contributed by atoms with E-state index in [-0.39, 0.29) is 22.6 Å². The quantitative estimate of drug-likeness (QED) is 0.660. The van der Waals surface area contributed by atoms with E-state index in [4.69, 9.17) is 16.3 Å². The Morgan fingerprint density at radius 1 is 1.33 bits per heavy atom. The molecule has 0 bridgehead atoms. The van der Waals surface area contributed by atoms with Crippen LogP contribution < -0.4 is 10.1 Å². The summed E-state index contributed by atoms with van der Waals surface area (Å²) in [5, 5.41) is 13.1. The molecular formula is C18H12BrClN2O4S. The van der Waals surface area contributed by atoms with Crippen molar-refractivity contribution in [3.05, 3.63) is 61.9 Å². The zero-order valence-corrected chi connectivity index (χ0v) is 17.0. The van der Waals surface area contributed by atoms with Crippen LogP contribution in [0.15, 0.2) is 50.8 Å². The number of carbonyl (C=O) groups is 2. The summed E-state index contributed by atoms with van der Waals surface area (Å²) in [5.74, 6) is -0.610. The van der Waals surface area contributed by atoms with Gasteiger partial charge in [-0.05, 0) is 75.7 Å². The molecule has 6 nitrogen and oxygen atoms in total. The molecule has 9 heteroatoms. The Morgan fingerprint density at radius 2 is 2.04 bits per heavy atom. The van der Waals surface area contributed by atoms with Crippen molar-refractivity contribution < 1.29 is 19.4 Å². The number of thioether (sulfide) groups is 1. The smallest absolute Gasteiger partial charge is 0.279 e. The van der Waals surface area contributed by atoms with E-state index in [1.165, 1.54) is 7.11 Å². The van der Waals surface area contributed by atoms with Crippen molar-refractivity contribution in [2.75, 3.05) is 7.11 Å². The van der Waals surface area contributed by atoms with Crippen LogP contribution in [0.2, 0.25) is 5.02 Å². The molecule has 2 N–H and O–H groups in total. The number of aromatic hydroxyl groups is 1. The van der Waals surface area contributed by atoms with Crippen molar-refractivity contribution >= 4 is 62.4 Å². The van der Waals surface area contributed by atoms with Gasteiger partial charge in [-0.1, -0.05) is 11.6 Å². The lowest BCUT2D eigenvalue weighted by molar-refractivity contribution is -0.115. The maximum Gasteiger partial charge on any atom is 0.279 e. The minimum absolute atomic E-state index is 0.0287. The fourth-order valence-corrected chi connectivity index (χ4v) is 3.62. The number of halogens is 2. The van der Waals surface area contributed by atoms with Crippen LogP contribution in [-0.2, 0) is 4.79 Å². The molecule has 1 fully saturated rings. The number of benzene rings is 2. The summed E-state index contributed by atoms with van der Waals surface area (Å²) in [5.41, 5.74) is 1.01. The third kappa shape index (κ3) is 4.52. The lowest BCUT2D eigenvalue weighted by Gasteiger charge is -2.06. The van der Waals surface area contributed by atoms with Gasteiger partial charge in [-0.25, -0.2) is 0 Å². The molecule has 0 radical (unpaired) electrons. The van der Waals surface area contributed by atoms with Crippen molar-refractivity contribution in [1.29, 1.82) is 0 Å². The first-order chi connectivity index (χ1) is 12.9. The van der Waals surface area contributed by atoms with E-state index in [2.05, 4.69) is 26.2 Å². The SMILES string of the molecule is COc1cc(/C=C2\SC(=NC(=O)c3ccc(Cl)cc3)NC2=O)cc(Br)c1O. The molecule has 0 aromatic heterocycles. The van der Waals surface area contributed by atoms with Gasteiger partial charge in [0.1, 0.15) is 0 Å². The number of ether oxygens (including phenoxy) is 1. The molecule has 2 amide bonds. The van der Waals surface area contributed by atoms with Gasteiger partial charge in [0.05, 0.1) is 16.5 Å². The predicted molar refractivity (Wildman–Crippen MR) is 109 cm³/mol. The van der Waals surface area contributed by atoms with Crippen molar-refractivity contribution in [3.63, 3.8) is 0 Å². The van der Waals surface area contributed by atoms with E-state index in [0.717, 1.165) is 11.8 Å². The Hall–Kier alpha value is -2.29. The Bertz CT molecular complexity index is 990. The van der Waals surface area contributed by atoms with Crippen molar-refractivity contribution in [1.82, 2.24) is 5.32 Å². The largest absolute Gasteiger partial charge is 0.503 e. The molecule has 1 aliphatic rings. The zero-order valence-electron chi connectivity index (χ0n) is 13.8. The van der Waals surface area contributed by atoms with Crippen LogP contribution in [0.3, 0.4) is 0 Å². The normalized spacial score (nSPS) is 16.6. The molecule has 1 saturated heterocycles. The van der Waals surface area contributed by atoms with Crippen LogP contribution >= 0.6 is 39.3 Å². The molecule has 138 valence electrons. The van der Waals surface area contributed by atoms with Crippen LogP contribution in [0.25, 0.3) is 6.08 Å². The second-order valence-electron chi connectivity index (χ2n) is 5.35. The summed E-state index contributed by atoms with van der Waals surface area (Å²) in [6.45, 7) is 0. The first-order valence-corrected chi connectivity index (χ1v) is 9.52. The monoisotopic (exact) mass is 466 g/mol. The minimum Gasteiger partial charge on any atom is -0.503 e. The van der Waals surface area contributed by atoms with E-state index >= 15 is 0 Å². The number of amidine groups is 1. The fraction of sp³-hybridized carbons (Fsp3) is 0.0556. The summed E-state index contributed by atoms with van der Waals surface area (Å²) < 4.78 is 5.53. The molecule has 27 heavy (non-hydrogen) atoms. The first-order valence-electron chi connectivity index (χ1n) is 7.53. The number of rotatable bonds is 3. The molecule has 0 aliphatic carbocycles. The molecular weight excluding hydrogens is 456 g/mol. The number of phenolic OH excluding ortho intramolecular Hbond substituents is 1. The number of hydrogen-bond donors (Lipinski definition) is 2. The van der Waals surface area contributed by atoms with Gasteiger partial charge in [-0.3, -0.25) is 9.59 Å². The third-order valence-corrected chi connectivity index (χ3v) is 5.28. The molecule has 0 unspecified atom stereocenters. The average molecular weight is 468 g/mol. The fourth-order valence-electron chi connectivity index (χ4n) is 2.21. The maximum absolute atomic E-state index is 12.2. The van der Waals surface area contributed by atoms with Gasteiger partial charge in [0.15, 0.2) is 16.7 Å². The molecule has 0 spiro atoms. The number of carbonyl (C=O) groups excluding carboxylic acids is 2. The summed E-state index contributed by atoms with van der Waals surface area (Å²) in [7, 11) is 1.43. The topological polar surface area (TPSA) is 88.0 Å². The lowest BCUT2D eigenvalue weighted by atomic mass is 10.2. The van der Waals surface area contributed by atoms with E-state index in [1.807, 2.05) is 0 Å². The predicted octanol–water partition coefficient (Wildman–Crippen LogP) is 4.22. The molecule has 2 aromatic rings. The molecule has 1 heterocycles. The van der Waals surface area contributed by atoms with Crippen molar-refractivity contribution in [2.45, 2.75) is 0 Å². The van der Waals surface area contributed by atoms with Crippen molar-refractivity contribution in [2.24, 2.45) is 4.99 Å². The summed E-state index contributed by atoms with van der Waals surface area (Å²) in [6.07, 6.45) is 1.61. The van der Waals surface area contributed by atoms with Crippen LogP contribution in [0.5, 0.6) is 11.5 Å². The highest BCUT2D eigenvalue weighted by atomic mass is 79.9. The molecule has 0 saturated carbocycles. The zero-order chi connectivity index (χ0) is 19.6. The second-order valence-corrected chi connectivity index (χ2v) is 7.67. The Kier molecular flexibility index (Phi) is 5.88. The third-order valence-electron chi connectivity index (χ3n) is 3.51. The van der Waals surface area contributed by atoms with Gasteiger partial charge in [0, 0.05) is 10.6 Å². The van der Waals surface area contributed by atoms with Gasteiger partial charge in [-0.15, -0.1) is 0 Å². The first kappa shape index (κ1) is 19.5. The number of nitrogens with zero attached hydrogens (tertiary/aromatic N) is 1. The summed E-state index contributed by atoms with van der Waals surface area (Å²) in [4.78, 5) is 28.6. The number of aliphatic imine (C=N–C) groups is 1. The lowest BCUT2D eigenvalue weighted by Crippen LogP contribution is -2.20. The number of phenols is 1. The van der Waals surface area contributed by atoms with Crippen LogP contribution in [0, 0.1) is 0 Å². The highest BCUT2D eigenvalue weighted by molar-refractivity contribution is 9.10. The standard InChI is InChI=1S/C18H12BrClN2O4S/c1-26-13-7-9(6-12(19)15(13)23)8-14-17(25)22-18(27-14)21-16(24)10-2-4-11(20)5-3-10/h2-8,23H,1H3,(H,21,22,24,25)/b14-8-. The minimum atomic E-state index is -0.482.